The van der Waals surface area contributed by atoms with E-state index in [2.05, 4.69) is 4.98 Å². The number of aryl methyl sites for hydroxylation is 1. The maximum atomic E-state index is 13.7. The first-order valence-electron chi connectivity index (χ1n) is 9.58. The van der Waals surface area contributed by atoms with Crippen LogP contribution >= 0.6 is 0 Å². The Bertz CT molecular complexity index is 1380. The summed E-state index contributed by atoms with van der Waals surface area (Å²) >= 11 is 0. The number of esters is 1. The standard InChI is InChI=1S/C19H22N2O10S2/c1-12-10-21(18(24)20-17(12)23)16-9-15(30-13(2)22)19(31-16,11-29-32(3,25)26)33(27,28)14-7-5-4-6-8-14/h4-8,10,15-16H,9,11H2,1-3H3,(H,20,23,24)/t15-,16+,19+/m0/s1. The SMILES string of the molecule is CC(=O)O[C@H]1C[C@H](n2cc(C)c(=O)[nH]c2=O)O[C@]1(COS(C)(=O)=O)S(=O)(=O)c1ccccc1. The van der Waals surface area contributed by atoms with Crippen molar-refractivity contribution in [1.82, 2.24) is 9.55 Å². The first-order chi connectivity index (χ1) is 15.3. The molecule has 1 aliphatic rings. The third-order valence-electron chi connectivity index (χ3n) is 4.99. The van der Waals surface area contributed by atoms with Gasteiger partial charge in [0.05, 0.1) is 11.2 Å². The van der Waals surface area contributed by atoms with Crippen LogP contribution in [0.5, 0.6) is 0 Å². The van der Waals surface area contributed by atoms with Crippen molar-refractivity contribution in [1.29, 1.82) is 0 Å². The fourth-order valence-electron chi connectivity index (χ4n) is 3.45. The Hall–Kier alpha value is -2.81. The second-order valence-corrected chi connectivity index (χ2v) is 11.3. The van der Waals surface area contributed by atoms with Crippen molar-refractivity contribution in [3.63, 3.8) is 0 Å². The second-order valence-electron chi connectivity index (χ2n) is 7.48. The largest absolute Gasteiger partial charge is 0.458 e. The number of hydrogen-bond acceptors (Lipinski definition) is 10. The predicted octanol–water partition coefficient (Wildman–Crippen LogP) is -0.158. The highest BCUT2D eigenvalue weighted by molar-refractivity contribution is 7.92. The second kappa shape index (κ2) is 8.85. The van der Waals surface area contributed by atoms with E-state index in [-0.39, 0.29) is 16.9 Å². The third-order valence-corrected chi connectivity index (χ3v) is 7.81. The molecule has 1 aliphatic heterocycles. The van der Waals surface area contributed by atoms with Gasteiger partial charge in [0.2, 0.25) is 14.8 Å². The van der Waals surface area contributed by atoms with Gasteiger partial charge in [-0.25, -0.2) is 13.2 Å². The van der Waals surface area contributed by atoms with Gasteiger partial charge in [0.15, 0.2) is 6.10 Å². The fraction of sp³-hybridized carbons (Fsp3) is 0.421. The van der Waals surface area contributed by atoms with Crippen LogP contribution in [0.4, 0.5) is 0 Å². The lowest BCUT2D eigenvalue weighted by molar-refractivity contribution is -0.152. The molecule has 33 heavy (non-hydrogen) atoms. The van der Waals surface area contributed by atoms with Gasteiger partial charge in [-0.2, -0.15) is 8.42 Å². The highest BCUT2D eigenvalue weighted by atomic mass is 32.2. The van der Waals surface area contributed by atoms with Crippen molar-refractivity contribution in [3.05, 3.63) is 62.9 Å². The van der Waals surface area contributed by atoms with Crippen molar-refractivity contribution in [2.75, 3.05) is 12.9 Å². The Labute approximate surface area is 189 Å². The van der Waals surface area contributed by atoms with E-state index in [0.717, 1.165) is 17.7 Å². The van der Waals surface area contributed by atoms with Gasteiger partial charge in [-0.1, -0.05) is 18.2 Å². The Kier molecular flexibility index (Phi) is 6.66. The van der Waals surface area contributed by atoms with Crippen molar-refractivity contribution >= 4 is 25.9 Å². The van der Waals surface area contributed by atoms with Crippen LogP contribution in [0, 0.1) is 6.92 Å². The smallest absolute Gasteiger partial charge is 0.330 e. The fourth-order valence-corrected chi connectivity index (χ4v) is 5.78. The summed E-state index contributed by atoms with van der Waals surface area (Å²) in [5.41, 5.74) is -1.40. The van der Waals surface area contributed by atoms with Gasteiger partial charge in [0.1, 0.15) is 12.8 Å². The summed E-state index contributed by atoms with van der Waals surface area (Å²) in [6, 6.07) is 6.98. The number of sulfone groups is 1. The molecular formula is C19H22N2O10S2. The molecule has 1 fully saturated rings. The maximum Gasteiger partial charge on any atom is 0.330 e. The molecule has 0 bridgehead atoms. The monoisotopic (exact) mass is 502 g/mol. The van der Waals surface area contributed by atoms with Crippen LogP contribution in [-0.4, -0.2) is 56.3 Å². The normalized spacial score (nSPS) is 23.4. The summed E-state index contributed by atoms with van der Waals surface area (Å²) < 4.78 is 67.7. The van der Waals surface area contributed by atoms with Crippen LogP contribution in [0.1, 0.15) is 25.1 Å². The van der Waals surface area contributed by atoms with E-state index in [0.29, 0.717) is 0 Å². The number of hydrogen-bond donors (Lipinski definition) is 1. The molecule has 1 N–H and O–H groups in total. The summed E-state index contributed by atoms with van der Waals surface area (Å²) in [5.74, 6) is -0.860. The molecule has 0 amide bonds. The number of carbonyl (C=O) groups is 1. The van der Waals surface area contributed by atoms with Gasteiger partial charge >= 0.3 is 11.7 Å². The number of H-pyrrole nitrogens is 1. The van der Waals surface area contributed by atoms with E-state index < -0.39 is 61.0 Å². The van der Waals surface area contributed by atoms with E-state index in [4.69, 9.17) is 13.7 Å². The van der Waals surface area contributed by atoms with Crippen molar-refractivity contribution in [2.24, 2.45) is 0 Å². The molecule has 2 heterocycles. The first-order valence-corrected chi connectivity index (χ1v) is 12.9. The molecule has 1 saturated heterocycles. The molecule has 0 spiro atoms. The molecule has 3 atom stereocenters. The summed E-state index contributed by atoms with van der Waals surface area (Å²) in [7, 11) is -8.71. The number of rotatable bonds is 7. The number of carbonyl (C=O) groups excluding carboxylic acids is 1. The van der Waals surface area contributed by atoms with Gasteiger partial charge < -0.3 is 9.47 Å². The Morgan fingerprint density at radius 2 is 1.85 bits per heavy atom. The molecule has 0 aliphatic carbocycles. The van der Waals surface area contributed by atoms with Crippen LogP contribution in [-0.2, 0) is 38.4 Å². The minimum absolute atomic E-state index is 0.137. The summed E-state index contributed by atoms with van der Waals surface area (Å²) in [6.45, 7) is 1.42. The molecule has 3 rings (SSSR count). The number of aromatic amines is 1. The molecule has 1 aromatic heterocycles. The minimum Gasteiger partial charge on any atom is -0.458 e. The number of aromatic nitrogens is 2. The van der Waals surface area contributed by atoms with Crippen molar-refractivity contribution in [2.45, 2.75) is 42.4 Å². The number of nitrogens with one attached hydrogen (secondary N) is 1. The lowest BCUT2D eigenvalue weighted by Crippen LogP contribution is -2.53. The van der Waals surface area contributed by atoms with Crippen LogP contribution in [0.25, 0.3) is 0 Å². The Morgan fingerprint density at radius 3 is 2.42 bits per heavy atom. The molecule has 180 valence electrons. The van der Waals surface area contributed by atoms with E-state index in [9.17, 15) is 31.2 Å². The van der Waals surface area contributed by atoms with Gasteiger partial charge in [-0.3, -0.25) is 23.3 Å². The van der Waals surface area contributed by atoms with Crippen LogP contribution in [0.3, 0.4) is 0 Å². The molecule has 1 aromatic carbocycles. The Morgan fingerprint density at radius 1 is 1.21 bits per heavy atom. The third kappa shape index (κ3) is 4.93. The average molecular weight is 503 g/mol. The highest BCUT2D eigenvalue weighted by Gasteiger charge is 2.61. The maximum absolute atomic E-state index is 13.7. The quantitative estimate of drug-likeness (QED) is 0.397. The molecule has 0 saturated carbocycles. The topological polar surface area (TPSA) is 168 Å². The van der Waals surface area contributed by atoms with Crippen LogP contribution in [0.2, 0.25) is 0 Å². The predicted molar refractivity (Wildman–Crippen MR) is 114 cm³/mol. The summed E-state index contributed by atoms with van der Waals surface area (Å²) in [6.07, 6.45) is -1.34. The number of nitrogens with zero attached hydrogens (tertiary/aromatic N) is 1. The Balaban J connectivity index is 2.22. The molecule has 0 radical (unpaired) electrons. The van der Waals surface area contributed by atoms with E-state index in [1.54, 1.807) is 6.07 Å². The average Bonchev–Trinajstić information content (AvgIpc) is 3.08. The summed E-state index contributed by atoms with van der Waals surface area (Å²) in [4.78, 5) is 35.3. The zero-order chi connectivity index (χ0) is 24.6. The summed E-state index contributed by atoms with van der Waals surface area (Å²) in [5, 5.41) is 0. The van der Waals surface area contributed by atoms with Crippen LogP contribution < -0.4 is 11.2 Å². The zero-order valence-corrected chi connectivity index (χ0v) is 19.5. The van der Waals surface area contributed by atoms with E-state index in [1.165, 1.54) is 37.4 Å². The van der Waals surface area contributed by atoms with E-state index >= 15 is 0 Å². The molecule has 14 heteroatoms. The van der Waals surface area contributed by atoms with Crippen molar-refractivity contribution < 1.29 is 35.3 Å². The number of ether oxygens (including phenoxy) is 2. The van der Waals surface area contributed by atoms with Gasteiger partial charge in [-0.05, 0) is 19.1 Å². The van der Waals surface area contributed by atoms with Crippen molar-refractivity contribution in [3.8, 4) is 0 Å². The highest BCUT2D eigenvalue weighted by Crippen LogP contribution is 2.45. The van der Waals surface area contributed by atoms with Crippen LogP contribution in [0.15, 0.2) is 51.0 Å². The molecule has 2 aromatic rings. The lowest BCUT2D eigenvalue weighted by atomic mass is 10.1. The van der Waals surface area contributed by atoms with E-state index in [1.807, 2.05) is 0 Å². The first kappa shape index (κ1) is 24.8. The van der Waals surface area contributed by atoms with Gasteiger partial charge in [-0.15, -0.1) is 0 Å². The van der Waals surface area contributed by atoms with Gasteiger partial charge in [0.25, 0.3) is 15.7 Å². The molecule has 12 nitrogen and oxygen atoms in total. The number of benzene rings is 1. The minimum atomic E-state index is -4.57. The zero-order valence-electron chi connectivity index (χ0n) is 17.9. The molecular weight excluding hydrogens is 480 g/mol. The van der Waals surface area contributed by atoms with Gasteiger partial charge in [0, 0.05) is 25.1 Å². The lowest BCUT2D eigenvalue weighted by Gasteiger charge is -2.32. The molecule has 0 unspecified atom stereocenters.